The van der Waals surface area contributed by atoms with Gasteiger partial charge in [0.15, 0.2) is 0 Å². The molecule has 0 heterocycles. The number of halogens is 2. The van der Waals surface area contributed by atoms with Crippen molar-refractivity contribution >= 4 is 22.8 Å². The van der Waals surface area contributed by atoms with Gasteiger partial charge in [0, 0.05) is 13.8 Å². The van der Waals surface area contributed by atoms with E-state index in [-0.39, 0.29) is 31.0 Å². The van der Waals surface area contributed by atoms with Crippen LogP contribution >= 0.6 is 11.6 Å². The maximum Gasteiger partial charge on any atom is 0.302 e. The first-order valence-corrected chi connectivity index (χ1v) is 3.58. The Kier molecular flexibility index (Phi) is 61.2. The second-order valence-corrected chi connectivity index (χ2v) is 1.93. The van der Waals surface area contributed by atoms with Crippen LogP contribution in [0.25, 0.3) is 0 Å². The van der Waals surface area contributed by atoms with E-state index in [1.165, 1.54) is 13.8 Å². The van der Waals surface area contributed by atoms with E-state index in [0.717, 1.165) is 7.11 Å². The minimum atomic E-state index is -0.361. The van der Waals surface area contributed by atoms with E-state index < -0.39 is 0 Å². The van der Waals surface area contributed by atoms with Gasteiger partial charge in [-0.2, -0.15) is 7.11 Å². The zero-order valence-corrected chi connectivity index (χ0v) is 9.61. The first kappa shape index (κ1) is 29.2. The Morgan fingerprint density at radius 3 is 1.50 bits per heavy atom. The number of esters is 1. The molecule has 90 valence electrons. The van der Waals surface area contributed by atoms with Crippen molar-refractivity contribution in [2.75, 3.05) is 13.7 Å². The summed E-state index contributed by atoms with van der Waals surface area (Å²) in [5.74, 6) is -0.211. The summed E-state index contributed by atoms with van der Waals surface area (Å²) >= 11 is 4.64. The molecule has 0 spiro atoms. The topological polar surface area (TPSA) is 66.4 Å². The van der Waals surface area contributed by atoms with Gasteiger partial charge in [-0.3, -0.25) is 9.59 Å². The van der Waals surface area contributed by atoms with Gasteiger partial charge >= 0.3 is 5.97 Å². The lowest BCUT2D eigenvalue weighted by atomic mass is 10.8. The highest BCUT2D eigenvalue weighted by atomic mass is 35.5. The average molecular weight is 249 g/mol. The third-order valence-electron chi connectivity index (χ3n) is 0.348. The van der Waals surface area contributed by atoms with Crippen LogP contribution in [0.2, 0.25) is 0 Å². The normalized spacial score (nSPS) is 5.57. The van der Waals surface area contributed by atoms with Crippen LogP contribution in [0.15, 0.2) is 0 Å². The molecule has 0 aromatic carbocycles. The zero-order valence-electron chi connectivity index (χ0n) is 8.10. The molecule has 0 atom stereocenters. The predicted octanol–water partition coefficient (Wildman–Crippen LogP) is -2.04. The van der Waals surface area contributed by atoms with Gasteiger partial charge in [0.25, 0.3) is 0 Å². The summed E-state index contributed by atoms with van der Waals surface area (Å²) in [6.45, 7) is 4.95. The number of hydrogen-bond donors (Lipinski definition) is 0. The van der Waals surface area contributed by atoms with E-state index >= 15 is 0 Å². The van der Waals surface area contributed by atoms with Crippen LogP contribution in [-0.4, -0.2) is 24.9 Å². The first-order chi connectivity index (χ1) is 5.50. The lowest BCUT2D eigenvalue weighted by molar-refractivity contribution is -0.325. The quantitative estimate of drug-likeness (QED) is 0.396. The fourth-order valence-electron chi connectivity index (χ4n) is 0.203. The average Bonchev–Trinajstić information content (AvgIpc) is 1.90. The van der Waals surface area contributed by atoms with Crippen molar-refractivity contribution in [1.82, 2.24) is 0 Å². The van der Waals surface area contributed by atoms with Crippen LogP contribution in [0.4, 0.5) is 0 Å². The largest absolute Gasteiger partial charge is 1.00 e. The number of ether oxygens (including phenoxy) is 1. The molecular formula is C8H18Cl2O4-2. The molecule has 0 radical (unpaired) electrons. The van der Waals surface area contributed by atoms with Crippen molar-refractivity contribution in [1.29, 1.82) is 0 Å². The van der Waals surface area contributed by atoms with Crippen molar-refractivity contribution in [3.05, 3.63) is 0 Å². The molecule has 0 fully saturated rings. The van der Waals surface area contributed by atoms with E-state index in [1.807, 2.05) is 0 Å². The molecule has 0 aliphatic rings. The van der Waals surface area contributed by atoms with Gasteiger partial charge < -0.3 is 22.3 Å². The Balaban J connectivity index is -0.0000000302. The second kappa shape index (κ2) is 29.3. The van der Waals surface area contributed by atoms with E-state index in [1.54, 1.807) is 6.92 Å². The first-order valence-electron chi connectivity index (χ1n) is 3.21. The van der Waals surface area contributed by atoms with Gasteiger partial charge in [-0.25, -0.2) is 0 Å². The van der Waals surface area contributed by atoms with Gasteiger partial charge in [0.2, 0.25) is 5.24 Å². The summed E-state index contributed by atoms with van der Waals surface area (Å²) in [5.41, 5.74) is 0. The van der Waals surface area contributed by atoms with Crippen LogP contribution < -0.4 is 17.5 Å². The monoisotopic (exact) mass is 248 g/mol. The molecule has 14 heavy (non-hydrogen) atoms. The molecule has 6 heteroatoms. The van der Waals surface area contributed by atoms with Gasteiger partial charge in [-0.15, -0.1) is 0 Å². The molecule has 0 saturated carbocycles. The highest BCUT2D eigenvalue weighted by Gasteiger charge is 1.81. The highest BCUT2D eigenvalue weighted by Crippen LogP contribution is 1.69. The van der Waals surface area contributed by atoms with Crippen molar-refractivity contribution < 1.29 is 31.8 Å². The molecule has 0 aliphatic heterocycles. The molecule has 0 aliphatic carbocycles. The lowest BCUT2D eigenvalue weighted by Crippen LogP contribution is -3.00. The number of hydrogen-bond acceptors (Lipinski definition) is 4. The molecule has 0 bridgehead atoms. The molecule has 4 nitrogen and oxygen atoms in total. The van der Waals surface area contributed by atoms with Crippen molar-refractivity contribution in [3.63, 3.8) is 0 Å². The lowest BCUT2D eigenvalue weighted by Gasteiger charge is -1.89. The Hall–Kier alpha value is -0.320. The number of rotatable bonds is 1. The van der Waals surface area contributed by atoms with Crippen LogP contribution in [0, 0.1) is 0 Å². The Bertz CT molecular complexity index is 114. The Labute approximate surface area is 97.0 Å². The summed E-state index contributed by atoms with van der Waals surface area (Å²) in [7, 11) is 0.750. The minimum absolute atomic E-state index is 0. The number of carbonyl (C=O) groups excluding carboxylic acids is 2. The third kappa shape index (κ3) is 185. The predicted molar refractivity (Wildman–Crippen MR) is 51.5 cm³/mol. The molecule has 0 N–H and O–H groups in total. The Morgan fingerprint density at radius 2 is 1.50 bits per heavy atom. The van der Waals surface area contributed by atoms with Crippen LogP contribution in [0.3, 0.4) is 0 Å². The highest BCUT2D eigenvalue weighted by molar-refractivity contribution is 6.62. The van der Waals surface area contributed by atoms with Crippen LogP contribution in [-0.2, 0) is 14.3 Å². The molecular weight excluding hydrogens is 231 g/mol. The molecule has 0 amide bonds. The second-order valence-electron chi connectivity index (χ2n) is 1.39. The molecule has 0 saturated heterocycles. The standard InChI is InChI=1S/C4H8O2.C2H3ClO.CH3O.CH4.ClH/c1-3-6-4(2)5;1-2(3)4;1-2;;/h3H2,1-2H3;1H3;1H3;1H4;1H/q;;-1;;/p-1. The maximum atomic E-state index is 9.82. The minimum Gasteiger partial charge on any atom is -1.00 e. The zero-order chi connectivity index (χ0) is 10.6. The summed E-state index contributed by atoms with van der Waals surface area (Å²) in [6.07, 6.45) is 0. The van der Waals surface area contributed by atoms with Crippen molar-refractivity contribution in [2.24, 2.45) is 0 Å². The molecule has 0 aromatic heterocycles. The van der Waals surface area contributed by atoms with Crippen molar-refractivity contribution in [2.45, 2.75) is 28.2 Å². The van der Waals surface area contributed by atoms with E-state index in [0.29, 0.717) is 6.61 Å². The van der Waals surface area contributed by atoms with Crippen molar-refractivity contribution in [3.8, 4) is 0 Å². The summed E-state index contributed by atoms with van der Waals surface area (Å²) in [5, 5.41) is 7.89. The fraction of sp³-hybridized carbons (Fsp3) is 0.750. The van der Waals surface area contributed by atoms with Crippen LogP contribution in [0.1, 0.15) is 28.2 Å². The molecule has 0 rings (SSSR count). The van der Waals surface area contributed by atoms with Gasteiger partial charge in [-0.05, 0) is 18.5 Å². The number of carbonyl (C=O) groups is 2. The third-order valence-corrected chi connectivity index (χ3v) is 0.348. The maximum absolute atomic E-state index is 9.82. The van der Waals surface area contributed by atoms with E-state index in [9.17, 15) is 9.59 Å². The van der Waals surface area contributed by atoms with Crippen LogP contribution in [0.5, 0.6) is 0 Å². The molecule has 0 aromatic rings. The van der Waals surface area contributed by atoms with Gasteiger partial charge in [0.05, 0.1) is 6.61 Å². The molecule has 0 unspecified atom stereocenters. The summed E-state index contributed by atoms with van der Waals surface area (Å²) in [4.78, 5) is 19.0. The van der Waals surface area contributed by atoms with E-state index in [4.69, 9.17) is 5.11 Å². The SMILES string of the molecule is C.CC(=O)Cl.CCOC(C)=O.C[O-].[Cl-]. The smallest absolute Gasteiger partial charge is 0.302 e. The fourth-order valence-corrected chi connectivity index (χ4v) is 0.203. The summed E-state index contributed by atoms with van der Waals surface area (Å²) < 4.78 is 4.40. The van der Waals surface area contributed by atoms with Gasteiger partial charge in [-0.1, -0.05) is 7.43 Å². The van der Waals surface area contributed by atoms with E-state index in [2.05, 4.69) is 16.3 Å². The summed E-state index contributed by atoms with van der Waals surface area (Å²) in [6, 6.07) is 0. The van der Waals surface area contributed by atoms with Gasteiger partial charge in [0.1, 0.15) is 0 Å². The Morgan fingerprint density at radius 1 is 1.29 bits per heavy atom.